The highest BCUT2D eigenvalue weighted by atomic mass is 127. The highest BCUT2D eigenvalue weighted by Gasteiger charge is 2.69. The predicted octanol–water partition coefficient (Wildman–Crippen LogP) is 7.48. The topological polar surface area (TPSA) is 0 Å². The molecule has 0 aromatic carbocycles. The molecule has 0 N–H and O–H groups in total. The van der Waals surface area contributed by atoms with Gasteiger partial charge in [-0.05, 0) is 23.7 Å². The van der Waals surface area contributed by atoms with E-state index in [4.69, 9.17) is 0 Å². The molecule has 0 saturated carbocycles. The van der Waals surface area contributed by atoms with Crippen molar-refractivity contribution in [2.24, 2.45) is 5.41 Å². The number of hydrogen-bond acceptors (Lipinski definition) is 0. The fourth-order valence-corrected chi connectivity index (χ4v) is 3.88. The van der Waals surface area contributed by atoms with Gasteiger partial charge in [-0.25, -0.2) is 0 Å². The number of alkyl halides is 8. The van der Waals surface area contributed by atoms with Gasteiger partial charge < -0.3 is 0 Å². The molecule has 134 valence electrons. The minimum absolute atomic E-state index is 0.0258. The second-order valence-electron chi connectivity index (χ2n) is 5.43. The van der Waals surface area contributed by atoms with Gasteiger partial charge in [-0.1, -0.05) is 83.7 Å². The Morgan fingerprint density at radius 1 is 0.500 bits per heavy atom. The van der Waals surface area contributed by atoms with Crippen molar-refractivity contribution < 1.29 is 26.3 Å². The van der Waals surface area contributed by atoms with Crippen molar-refractivity contribution in [3.63, 3.8) is 0 Å². The summed E-state index contributed by atoms with van der Waals surface area (Å²) in [6.45, 7) is 0. The summed E-state index contributed by atoms with van der Waals surface area (Å²) in [6.07, 6.45) is -7.04. The quantitative estimate of drug-likeness (QED) is 0.107. The number of hydrogen-bond donors (Lipinski definition) is 0. The summed E-state index contributed by atoms with van der Waals surface area (Å²) in [7, 11) is 0. The van der Waals surface area contributed by atoms with Gasteiger partial charge in [0.25, 0.3) is 0 Å². The molecule has 0 aromatic heterocycles. The molecule has 0 bridgehead atoms. The Hall–Kier alpha value is 1.04. The summed E-state index contributed by atoms with van der Waals surface area (Å²) in [4.78, 5) is 0. The smallest absolute Gasteiger partial charge is 0.170 e. The van der Waals surface area contributed by atoms with E-state index in [1.807, 2.05) is 0 Å². The van der Waals surface area contributed by atoms with Crippen molar-refractivity contribution >= 4 is 45.2 Å². The van der Waals surface area contributed by atoms with Gasteiger partial charge in [0.15, 0.2) is 5.41 Å². The molecular formula is C14H22F6I2. The molecular weight excluding hydrogens is 536 g/mol. The molecule has 0 heterocycles. The Morgan fingerprint density at radius 2 is 0.909 bits per heavy atom. The Kier molecular flexibility index (Phi) is 11.3. The minimum atomic E-state index is -5.24. The van der Waals surface area contributed by atoms with Crippen LogP contribution in [0.3, 0.4) is 0 Å². The third-order valence-corrected chi connectivity index (χ3v) is 5.15. The maximum atomic E-state index is 13.0. The highest BCUT2D eigenvalue weighted by molar-refractivity contribution is 14.1. The van der Waals surface area contributed by atoms with Crippen LogP contribution in [0, 0.1) is 5.41 Å². The van der Waals surface area contributed by atoms with Gasteiger partial charge in [-0.3, -0.25) is 0 Å². The van der Waals surface area contributed by atoms with Crippen LogP contribution in [0.5, 0.6) is 0 Å². The van der Waals surface area contributed by atoms with Crippen molar-refractivity contribution in [2.75, 3.05) is 8.86 Å². The summed E-state index contributed by atoms with van der Waals surface area (Å²) in [6, 6.07) is 0. The SMILES string of the molecule is FC(F)(F)C(CCI)(CCCCCCCCCI)C(F)(F)F. The van der Waals surface area contributed by atoms with Gasteiger partial charge in [-0.2, -0.15) is 26.3 Å². The first-order valence-corrected chi connectivity index (χ1v) is 10.4. The maximum Gasteiger partial charge on any atom is 0.403 e. The minimum Gasteiger partial charge on any atom is -0.170 e. The van der Waals surface area contributed by atoms with Crippen LogP contribution < -0.4 is 0 Å². The molecule has 0 aliphatic heterocycles. The second kappa shape index (κ2) is 10.8. The molecule has 0 nitrogen and oxygen atoms in total. The molecule has 8 heteroatoms. The molecule has 0 saturated heterocycles. The monoisotopic (exact) mass is 558 g/mol. The standard InChI is InChI=1S/C14H22F6I2/c15-13(16,17)12(9-11-22,14(18,19)20)8-6-4-2-1-3-5-7-10-21/h1-11H2. The first kappa shape index (κ1) is 23.0. The van der Waals surface area contributed by atoms with E-state index < -0.39 is 30.6 Å². The van der Waals surface area contributed by atoms with Gasteiger partial charge in [0.1, 0.15) is 0 Å². The van der Waals surface area contributed by atoms with Crippen molar-refractivity contribution in [3.8, 4) is 0 Å². The molecule has 0 aliphatic rings. The zero-order valence-corrected chi connectivity index (χ0v) is 16.6. The zero-order valence-electron chi connectivity index (χ0n) is 12.3. The summed E-state index contributed by atoms with van der Waals surface area (Å²) < 4.78 is 79.2. The van der Waals surface area contributed by atoms with Crippen LogP contribution in [0.4, 0.5) is 26.3 Å². The molecule has 0 rings (SSSR count). The summed E-state index contributed by atoms with van der Waals surface area (Å²) in [5.74, 6) is 0. The Balaban J connectivity index is 4.43. The molecule has 0 amide bonds. The summed E-state index contributed by atoms with van der Waals surface area (Å²) in [5, 5.41) is 0. The van der Waals surface area contributed by atoms with Crippen LogP contribution >= 0.6 is 45.2 Å². The van der Waals surface area contributed by atoms with E-state index in [1.165, 1.54) is 0 Å². The third kappa shape index (κ3) is 7.29. The van der Waals surface area contributed by atoms with Gasteiger partial charge >= 0.3 is 12.4 Å². The van der Waals surface area contributed by atoms with Gasteiger partial charge in [0.2, 0.25) is 0 Å². The van der Waals surface area contributed by atoms with E-state index >= 15 is 0 Å². The lowest BCUT2D eigenvalue weighted by Crippen LogP contribution is -2.50. The van der Waals surface area contributed by atoms with Crippen LogP contribution in [0.15, 0.2) is 0 Å². The number of halogens is 8. The Morgan fingerprint density at radius 3 is 1.27 bits per heavy atom. The summed E-state index contributed by atoms with van der Waals surface area (Å²) >= 11 is 3.86. The van der Waals surface area contributed by atoms with Crippen LogP contribution in [-0.2, 0) is 0 Å². The molecule has 0 unspecified atom stereocenters. The van der Waals surface area contributed by atoms with Crippen LogP contribution in [0.1, 0.15) is 57.8 Å². The normalized spacial score (nSPS) is 13.6. The van der Waals surface area contributed by atoms with E-state index in [0.717, 1.165) is 30.1 Å². The van der Waals surface area contributed by atoms with Crippen molar-refractivity contribution in [1.29, 1.82) is 0 Å². The largest absolute Gasteiger partial charge is 0.403 e. The van der Waals surface area contributed by atoms with Crippen LogP contribution in [0.2, 0.25) is 0 Å². The molecule has 0 radical (unpaired) electrons. The predicted molar refractivity (Wildman–Crippen MR) is 93.9 cm³/mol. The third-order valence-electron chi connectivity index (χ3n) is 3.84. The van der Waals surface area contributed by atoms with Gasteiger partial charge in [0.05, 0.1) is 0 Å². The lowest BCUT2D eigenvalue weighted by atomic mass is 9.78. The summed E-state index contributed by atoms with van der Waals surface area (Å²) in [5.41, 5.74) is -3.54. The average molecular weight is 558 g/mol. The van der Waals surface area contributed by atoms with Crippen molar-refractivity contribution in [2.45, 2.75) is 70.1 Å². The average Bonchev–Trinajstić information content (AvgIpc) is 2.37. The molecule has 22 heavy (non-hydrogen) atoms. The first-order valence-electron chi connectivity index (χ1n) is 7.38. The van der Waals surface area contributed by atoms with Gasteiger partial charge in [0, 0.05) is 4.43 Å². The Labute approximate surface area is 155 Å². The molecule has 0 aliphatic carbocycles. The van der Waals surface area contributed by atoms with Crippen molar-refractivity contribution in [3.05, 3.63) is 0 Å². The lowest BCUT2D eigenvalue weighted by Gasteiger charge is -2.37. The maximum absolute atomic E-state index is 13.0. The lowest BCUT2D eigenvalue weighted by molar-refractivity contribution is -0.344. The van der Waals surface area contributed by atoms with E-state index in [2.05, 4.69) is 22.6 Å². The van der Waals surface area contributed by atoms with E-state index in [9.17, 15) is 26.3 Å². The van der Waals surface area contributed by atoms with E-state index in [1.54, 1.807) is 22.6 Å². The molecule has 0 fully saturated rings. The second-order valence-corrected chi connectivity index (χ2v) is 7.59. The molecule has 0 spiro atoms. The fourth-order valence-electron chi connectivity index (χ4n) is 2.42. The zero-order chi connectivity index (χ0) is 17.3. The number of unbranched alkanes of at least 4 members (excludes halogenated alkanes) is 6. The molecule has 0 atom stereocenters. The van der Waals surface area contributed by atoms with Crippen molar-refractivity contribution in [1.82, 2.24) is 0 Å². The fraction of sp³-hybridized carbons (Fsp3) is 1.00. The Bertz CT molecular complexity index is 274. The number of rotatable bonds is 11. The van der Waals surface area contributed by atoms with E-state index in [0.29, 0.717) is 12.8 Å². The van der Waals surface area contributed by atoms with Crippen LogP contribution in [0.25, 0.3) is 0 Å². The molecule has 0 aromatic rings. The van der Waals surface area contributed by atoms with E-state index in [-0.39, 0.29) is 10.8 Å². The van der Waals surface area contributed by atoms with Crippen LogP contribution in [-0.4, -0.2) is 21.2 Å². The first-order chi connectivity index (χ1) is 10.1. The highest BCUT2D eigenvalue weighted by Crippen LogP contribution is 2.55. The van der Waals surface area contributed by atoms with Gasteiger partial charge in [-0.15, -0.1) is 0 Å².